The van der Waals surface area contributed by atoms with E-state index < -0.39 is 0 Å². The van der Waals surface area contributed by atoms with E-state index in [1.807, 2.05) is 24.4 Å². The minimum atomic E-state index is -0.288. The fraction of sp³-hybridized carbons (Fsp3) is 0.500. The van der Waals surface area contributed by atoms with E-state index in [9.17, 15) is 10.1 Å². The predicted octanol–water partition coefficient (Wildman–Crippen LogP) is 3.36. The molecule has 1 heterocycles. The molecule has 0 radical (unpaired) electrons. The summed E-state index contributed by atoms with van der Waals surface area (Å²) >= 11 is 0. The second-order valence-electron chi connectivity index (χ2n) is 6.84. The van der Waals surface area contributed by atoms with Gasteiger partial charge in [-0.05, 0) is 24.8 Å². The van der Waals surface area contributed by atoms with E-state index in [1.54, 1.807) is 0 Å². The molecule has 1 aliphatic heterocycles. The van der Waals surface area contributed by atoms with Gasteiger partial charge in [0.15, 0.2) is 0 Å². The first-order chi connectivity index (χ1) is 11.8. The van der Waals surface area contributed by atoms with Crippen molar-refractivity contribution >= 4 is 5.91 Å². The Morgan fingerprint density at radius 2 is 1.92 bits per heavy atom. The molecule has 3 rings (SSSR count). The smallest absolute Gasteiger partial charge is 0.228 e. The molecular weight excluding hydrogens is 298 g/mol. The van der Waals surface area contributed by atoms with E-state index in [1.165, 1.54) is 24.8 Å². The fourth-order valence-corrected chi connectivity index (χ4v) is 3.67. The summed E-state index contributed by atoms with van der Waals surface area (Å²) in [4.78, 5) is 14.7. The van der Waals surface area contributed by atoms with Crippen LogP contribution in [-0.4, -0.2) is 23.4 Å². The Morgan fingerprint density at radius 1 is 1.17 bits per heavy atom. The quantitative estimate of drug-likeness (QED) is 0.924. The number of nitrogens with one attached hydrogen (secondary N) is 1. The third kappa shape index (κ3) is 4.17. The zero-order chi connectivity index (χ0) is 16.8. The summed E-state index contributed by atoms with van der Waals surface area (Å²) in [6, 6.07) is 12.8. The lowest BCUT2D eigenvalue weighted by molar-refractivity contribution is -0.125. The molecule has 0 aromatic heterocycles. The van der Waals surface area contributed by atoms with Crippen LogP contribution in [0.4, 0.5) is 0 Å². The van der Waals surface area contributed by atoms with Crippen LogP contribution in [0.25, 0.3) is 0 Å². The highest BCUT2D eigenvalue weighted by Gasteiger charge is 2.29. The molecule has 126 valence electrons. The van der Waals surface area contributed by atoms with Crippen molar-refractivity contribution < 1.29 is 4.79 Å². The molecule has 1 N–H and O–H groups in total. The molecular formula is C20H25N3O. The maximum absolute atomic E-state index is 12.6. The van der Waals surface area contributed by atoms with Crippen LogP contribution in [0.2, 0.25) is 0 Å². The predicted molar refractivity (Wildman–Crippen MR) is 93.7 cm³/mol. The summed E-state index contributed by atoms with van der Waals surface area (Å²) in [7, 11) is 0. The van der Waals surface area contributed by atoms with Gasteiger partial charge >= 0.3 is 0 Å². The molecule has 4 nitrogen and oxygen atoms in total. The number of hydrogen-bond acceptors (Lipinski definition) is 3. The number of nitrogens with zero attached hydrogens (tertiary/aromatic N) is 2. The maximum atomic E-state index is 12.6. The van der Waals surface area contributed by atoms with Crippen molar-refractivity contribution in [1.29, 1.82) is 5.26 Å². The number of rotatable bonds is 4. The van der Waals surface area contributed by atoms with Crippen molar-refractivity contribution in [3.05, 3.63) is 47.7 Å². The van der Waals surface area contributed by atoms with Gasteiger partial charge in [0.25, 0.3) is 0 Å². The lowest BCUT2D eigenvalue weighted by Crippen LogP contribution is -2.42. The number of carbonyl (C=O) groups excluding carboxylic acids is 1. The summed E-state index contributed by atoms with van der Waals surface area (Å²) < 4.78 is 0. The number of carbonyl (C=O) groups is 1. The summed E-state index contributed by atoms with van der Waals surface area (Å²) in [6.45, 7) is 1.59. The van der Waals surface area contributed by atoms with Gasteiger partial charge in [-0.25, -0.2) is 0 Å². The zero-order valence-corrected chi connectivity index (χ0v) is 14.1. The normalized spacial score (nSPS) is 21.7. The Kier molecular flexibility index (Phi) is 5.53. The third-order valence-electron chi connectivity index (χ3n) is 5.03. The van der Waals surface area contributed by atoms with E-state index in [0.717, 1.165) is 25.9 Å². The maximum Gasteiger partial charge on any atom is 0.228 e. The first-order valence-corrected chi connectivity index (χ1v) is 8.96. The van der Waals surface area contributed by atoms with Crippen molar-refractivity contribution in [2.24, 2.45) is 5.92 Å². The van der Waals surface area contributed by atoms with E-state index in [2.05, 4.69) is 28.4 Å². The molecule has 24 heavy (non-hydrogen) atoms. The summed E-state index contributed by atoms with van der Waals surface area (Å²) in [5, 5.41) is 12.6. The highest BCUT2D eigenvalue weighted by Crippen LogP contribution is 2.25. The standard InChI is InChI=1S/C20H25N3O/c21-13-17-15-23(14-16-7-3-1-4-8-16)12-11-19(17)20(24)22-18-9-5-2-6-10-18/h1,3-4,7-8,15,18-19H,2,5-6,9-12,14H2,(H,22,24). The van der Waals surface area contributed by atoms with Crippen LogP contribution in [0.3, 0.4) is 0 Å². The third-order valence-corrected chi connectivity index (χ3v) is 5.03. The molecule has 1 amide bonds. The van der Waals surface area contributed by atoms with Crippen molar-refractivity contribution in [3.63, 3.8) is 0 Å². The average molecular weight is 323 g/mol. The molecule has 1 atom stereocenters. The Morgan fingerprint density at radius 3 is 2.62 bits per heavy atom. The molecule has 1 aliphatic carbocycles. The van der Waals surface area contributed by atoms with E-state index in [4.69, 9.17) is 0 Å². The van der Waals surface area contributed by atoms with Gasteiger partial charge < -0.3 is 10.2 Å². The monoisotopic (exact) mass is 323 g/mol. The lowest BCUT2D eigenvalue weighted by Gasteiger charge is -2.31. The Bertz CT molecular complexity index is 626. The van der Waals surface area contributed by atoms with Crippen LogP contribution in [0.5, 0.6) is 0 Å². The Hall–Kier alpha value is -2.28. The summed E-state index contributed by atoms with van der Waals surface area (Å²) in [5.74, 6) is -0.252. The van der Waals surface area contributed by atoms with Crippen LogP contribution >= 0.6 is 0 Å². The molecule has 1 fully saturated rings. The van der Waals surface area contributed by atoms with E-state index in [0.29, 0.717) is 18.0 Å². The van der Waals surface area contributed by atoms with Gasteiger partial charge in [-0.3, -0.25) is 4.79 Å². The first kappa shape index (κ1) is 16.6. The molecule has 1 aromatic carbocycles. The van der Waals surface area contributed by atoms with Crippen LogP contribution in [0, 0.1) is 17.2 Å². The summed E-state index contributed by atoms with van der Waals surface area (Å²) in [6.07, 6.45) is 8.40. The van der Waals surface area contributed by atoms with Gasteiger partial charge in [0.1, 0.15) is 0 Å². The molecule has 2 aliphatic rings. The van der Waals surface area contributed by atoms with Gasteiger partial charge in [-0.2, -0.15) is 5.26 Å². The van der Waals surface area contributed by atoms with Gasteiger partial charge in [0, 0.05) is 25.3 Å². The van der Waals surface area contributed by atoms with E-state index >= 15 is 0 Å². The van der Waals surface area contributed by atoms with Gasteiger partial charge in [0.05, 0.1) is 17.6 Å². The number of benzene rings is 1. The molecule has 0 bridgehead atoms. The average Bonchev–Trinajstić information content (AvgIpc) is 2.63. The first-order valence-electron chi connectivity index (χ1n) is 8.96. The van der Waals surface area contributed by atoms with Crippen molar-refractivity contribution in [2.45, 2.75) is 51.1 Å². The van der Waals surface area contributed by atoms with Crippen LogP contribution in [-0.2, 0) is 11.3 Å². The van der Waals surface area contributed by atoms with Crippen molar-refractivity contribution in [2.75, 3.05) is 6.54 Å². The highest BCUT2D eigenvalue weighted by atomic mass is 16.1. The Labute approximate surface area is 144 Å². The van der Waals surface area contributed by atoms with Crippen LogP contribution < -0.4 is 5.32 Å². The summed E-state index contributed by atoms with van der Waals surface area (Å²) in [5.41, 5.74) is 1.81. The van der Waals surface area contributed by atoms with Gasteiger partial charge in [-0.15, -0.1) is 0 Å². The second-order valence-corrected chi connectivity index (χ2v) is 6.84. The molecule has 1 aromatic rings. The van der Waals surface area contributed by atoms with E-state index in [-0.39, 0.29) is 11.8 Å². The largest absolute Gasteiger partial charge is 0.372 e. The second kappa shape index (κ2) is 8.01. The molecule has 0 spiro atoms. The topological polar surface area (TPSA) is 56.1 Å². The minimum absolute atomic E-state index is 0.0362. The zero-order valence-electron chi connectivity index (χ0n) is 14.1. The van der Waals surface area contributed by atoms with Crippen molar-refractivity contribution in [3.8, 4) is 6.07 Å². The van der Waals surface area contributed by atoms with Gasteiger partial charge in [-0.1, -0.05) is 49.6 Å². The number of amides is 1. The number of hydrogen-bond donors (Lipinski definition) is 1. The van der Waals surface area contributed by atoms with Crippen molar-refractivity contribution in [1.82, 2.24) is 10.2 Å². The van der Waals surface area contributed by atoms with Crippen LogP contribution in [0.1, 0.15) is 44.1 Å². The Balaban J connectivity index is 1.62. The fourth-order valence-electron chi connectivity index (χ4n) is 3.67. The highest BCUT2D eigenvalue weighted by molar-refractivity contribution is 5.83. The minimum Gasteiger partial charge on any atom is -0.372 e. The molecule has 0 saturated heterocycles. The lowest BCUT2D eigenvalue weighted by atomic mass is 9.90. The number of nitriles is 1. The van der Waals surface area contributed by atoms with Gasteiger partial charge in [0.2, 0.25) is 5.91 Å². The van der Waals surface area contributed by atoms with Crippen LogP contribution in [0.15, 0.2) is 42.1 Å². The molecule has 1 unspecified atom stereocenters. The molecule has 4 heteroatoms. The molecule has 1 saturated carbocycles. The SMILES string of the molecule is N#CC1=CN(Cc2ccccc2)CCC1C(=O)NC1CCCCC1.